The first-order valence-electron chi connectivity index (χ1n) is 9.88. The molecule has 1 aromatic carbocycles. The number of nitrogens with zero attached hydrogens (tertiary/aromatic N) is 2. The summed E-state index contributed by atoms with van der Waals surface area (Å²) in [5.41, 5.74) is 1.79. The Morgan fingerprint density at radius 2 is 1.96 bits per heavy atom. The second kappa shape index (κ2) is 6.89. The monoisotopic (exact) mass is 374 g/mol. The van der Waals surface area contributed by atoms with Crippen LogP contribution in [0.1, 0.15) is 43.2 Å². The lowest BCUT2D eigenvalue weighted by Gasteiger charge is -2.39. The number of aryl methyl sites for hydroxylation is 1. The molecular weight excluding hydrogens is 347 g/mol. The summed E-state index contributed by atoms with van der Waals surface area (Å²) >= 11 is 0. The van der Waals surface area contributed by atoms with Crippen molar-refractivity contribution in [3.8, 4) is 0 Å². The first-order valence-corrected chi connectivity index (χ1v) is 9.88. The molecule has 2 saturated heterocycles. The smallest absolute Gasteiger partial charge is 0.320 e. The fourth-order valence-corrected chi connectivity index (χ4v) is 4.76. The number of carboxylic acids is 1. The van der Waals surface area contributed by atoms with Crippen LogP contribution in [0.4, 0.5) is 4.39 Å². The lowest BCUT2D eigenvalue weighted by molar-refractivity contribution is -0.142. The third kappa shape index (κ3) is 3.72. The molecule has 1 atom stereocenters. The molecule has 0 radical (unpaired) electrons. The van der Waals surface area contributed by atoms with Gasteiger partial charge in [0.2, 0.25) is 5.91 Å². The van der Waals surface area contributed by atoms with Gasteiger partial charge in [-0.2, -0.15) is 0 Å². The molecule has 146 valence electrons. The predicted octanol–water partition coefficient (Wildman–Crippen LogP) is 2.81. The van der Waals surface area contributed by atoms with Gasteiger partial charge in [-0.3, -0.25) is 14.5 Å². The third-order valence-electron chi connectivity index (χ3n) is 6.63. The van der Waals surface area contributed by atoms with Gasteiger partial charge in [0, 0.05) is 32.1 Å². The third-order valence-corrected chi connectivity index (χ3v) is 6.63. The van der Waals surface area contributed by atoms with Crippen molar-refractivity contribution < 1.29 is 19.1 Å². The Bertz CT molecular complexity index is 754. The standard InChI is InChI=1S/C21H27FN2O3/c1-14-10-17(22)5-4-16(14)12-24-13-21(11-18(24)20(26)27)6-8-23(9-7-21)19(25)15-2-3-15/h4-5,10,15,18H,2-3,6-9,11-13H2,1H3,(H,26,27)/t18-/m1/s1. The number of rotatable bonds is 4. The van der Waals surface area contributed by atoms with E-state index in [4.69, 9.17) is 0 Å². The van der Waals surface area contributed by atoms with Crippen LogP contribution < -0.4 is 0 Å². The zero-order chi connectivity index (χ0) is 19.2. The first kappa shape index (κ1) is 18.4. The van der Waals surface area contributed by atoms with E-state index in [1.165, 1.54) is 12.1 Å². The molecule has 2 aliphatic heterocycles. The minimum atomic E-state index is -0.789. The minimum Gasteiger partial charge on any atom is -0.480 e. The van der Waals surface area contributed by atoms with E-state index < -0.39 is 12.0 Å². The highest BCUT2D eigenvalue weighted by Crippen LogP contribution is 2.45. The van der Waals surface area contributed by atoms with E-state index in [2.05, 4.69) is 0 Å². The molecule has 4 rings (SSSR count). The lowest BCUT2D eigenvalue weighted by Crippen LogP contribution is -2.44. The fraction of sp³-hybridized carbons (Fsp3) is 0.619. The molecule has 1 aromatic rings. The minimum absolute atomic E-state index is 0.0304. The molecule has 3 fully saturated rings. The van der Waals surface area contributed by atoms with Gasteiger partial charge >= 0.3 is 5.97 Å². The molecule has 0 unspecified atom stereocenters. The van der Waals surface area contributed by atoms with Crippen LogP contribution in [0.2, 0.25) is 0 Å². The summed E-state index contributed by atoms with van der Waals surface area (Å²) in [6.45, 7) is 4.60. The Kier molecular flexibility index (Phi) is 4.70. The Morgan fingerprint density at radius 1 is 1.26 bits per heavy atom. The highest BCUT2D eigenvalue weighted by molar-refractivity contribution is 5.81. The van der Waals surface area contributed by atoms with Crippen LogP contribution in [0.3, 0.4) is 0 Å². The number of aliphatic carboxylic acids is 1. The topological polar surface area (TPSA) is 60.9 Å². The molecule has 2 heterocycles. The molecule has 1 aliphatic carbocycles. The van der Waals surface area contributed by atoms with E-state index in [9.17, 15) is 19.1 Å². The second-order valence-corrected chi connectivity index (χ2v) is 8.63. The van der Waals surface area contributed by atoms with Crippen molar-refractivity contribution in [2.24, 2.45) is 11.3 Å². The molecule has 1 spiro atoms. The van der Waals surface area contributed by atoms with Crippen LogP contribution in [0.5, 0.6) is 0 Å². The fourth-order valence-electron chi connectivity index (χ4n) is 4.76. The van der Waals surface area contributed by atoms with Gasteiger partial charge in [0.15, 0.2) is 0 Å². The number of carbonyl (C=O) groups is 2. The average molecular weight is 374 g/mol. The summed E-state index contributed by atoms with van der Waals surface area (Å²) in [6, 6.07) is 4.18. The van der Waals surface area contributed by atoms with Crippen molar-refractivity contribution in [1.82, 2.24) is 9.80 Å². The van der Waals surface area contributed by atoms with Gasteiger partial charge in [0.05, 0.1) is 0 Å². The van der Waals surface area contributed by atoms with Gasteiger partial charge in [-0.05, 0) is 67.7 Å². The van der Waals surface area contributed by atoms with Crippen LogP contribution in [-0.4, -0.2) is 52.5 Å². The zero-order valence-corrected chi connectivity index (χ0v) is 15.8. The number of likely N-dealkylation sites (tertiary alicyclic amines) is 2. The summed E-state index contributed by atoms with van der Waals surface area (Å²) in [6.07, 6.45) is 4.41. The van der Waals surface area contributed by atoms with Gasteiger partial charge in [0.1, 0.15) is 11.9 Å². The molecule has 6 heteroatoms. The molecule has 1 amide bonds. The van der Waals surface area contributed by atoms with Crippen molar-refractivity contribution in [1.29, 1.82) is 0 Å². The van der Waals surface area contributed by atoms with E-state index in [0.29, 0.717) is 13.0 Å². The molecule has 1 saturated carbocycles. The number of piperidine rings is 1. The summed E-state index contributed by atoms with van der Waals surface area (Å²) < 4.78 is 13.4. The number of halogens is 1. The average Bonchev–Trinajstić information content (AvgIpc) is 3.41. The van der Waals surface area contributed by atoms with Crippen LogP contribution >= 0.6 is 0 Å². The Balaban J connectivity index is 1.45. The molecule has 5 nitrogen and oxygen atoms in total. The van der Waals surface area contributed by atoms with Crippen molar-refractivity contribution in [3.63, 3.8) is 0 Å². The maximum Gasteiger partial charge on any atom is 0.320 e. The first-order chi connectivity index (χ1) is 12.9. The number of carboxylic acid groups (broad SMARTS) is 1. The number of amides is 1. The normalized spacial score (nSPS) is 25.1. The van der Waals surface area contributed by atoms with Crippen molar-refractivity contribution in [2.75, 3.05) is 19.6 Å². The SMILES string of the molecule is Cc1cc(F)ccc1CN1CC2(CCN(C(=O)C3CC3)CC2)C[C@@H]1C(=O)O. The summed E-state index contributed by atoms with van der Waals surface area (Å²) in [5, 5.41) is 9.74. The summed E-state index contributed by atoms with van der Waals surface area (Å²) in [7, 11) is 0. The van der Waals surface area contributed by atoms with Crippen molar-refractivity contribution in [3.05, 3.63) is 35.1 Å². The van der Waals surface area contributed by atoms with E-state index in [-0.39, 0.29) is 23.1 Å². The second-order valence-electron chi connectivity index (χ2n) is 8.63. The number of carbonyl (C=O) groups excluding carboxylic acids is 1. The summed E-state index contributed by atoms with van der Waals surface area (Å²) in [4.78, 5) is 28.2. The Hall–Kier alpha value is -1.95. The van der Waals surface area contributed by atoms with Crippen LogP contribution in [-0.2, 0) is 16.1 Å². The van der Waals surface area contributed by atoms with E-state index >= 15 is 0 Å². The maximum absolute atomic E-state index is 13.4. The zero-order valence-electron chi connectivity index (χ0n) is 15.8. The predicted molar refractivity (Wildman–Crippen MR) is 98.6 cm³/mol. The van der Waals surface area contributed by atoms with E-state index in [1.54, 1.807) is 6.07 Å². The lowest BCUT2D eigenvalue weighted by atomic mass is 9.76. The van der Waals surface area contributed by atoms with Gasteiger partial charge in [-0.1, -0.05) is 6.07 Å². The highest BCUT2D eigenvalue weighted by atomic mass is 19.1. The van der Waals surface area contributed by atoms with Gasteiger partial charge in [-0.25, -0.2) is 4.39 Å². The van der Waals surface area contributed by atoms with Gasteiger partial charge in [-0.15, -0.1) is 0 Å². The Labute approximate surface area is 159 Å². The number of hydrogen-bond acceptors (Lipinski definition) is 3. The highest BCUT2D eigenvalue weighted by Gasteiger charge is 2.49. The summed E-state index contributed by atoms with van der Waals surface area (Å²) in [5.74, 6) is -0.525. The maximum atomic E-state index is 13.4. The molecule has 0 aromatic heterocycles. The quantitative estimate of drug-likeness (QED) is 0.880. The van der Waals surface area contributed by atoms with E-state index in [0.717, 1.165) is 56.4 Å². The van der Waals surface area contributed by atoms with Crippen molar-refractivity contribution >= 4 is 11.9 Å². The molecule has 1 N–H and O–H groups in total. The molecular formula is C21H27FN2O3. The van der Waals surface area contributed by atoms with E-state index in [1.807, 2.05) is 16.7 Å². The van der Waals surface area contributed by atoms with Crippen LogP contribution in [0.25, 0.3) is 0 Å². The number of benzene rings is 1. The van der Waals surface area contributed by atoms with Crippen LogP contribution in [0, 0.1) is 24.1 Å². The van der Waals surface area contributed by atoms with Gasteiger partial charge < -0.3 is 10.0 Å². The molecule has 3 aliphatic rings. The molecule has 0 bridgehead atoms. The van der Waals surface area contributed by atoms with Crippen LogP contribution in [0.15, 0.2) is 18.2 Å². The molecule has 27 heavy (non-hydrogen) atoms. The van der Waals surface area contributed by atoms with Crippen molar-refractivity contribution in [2.45, 2.75) is 51.6 Å². The largest absolute Gasteiger partial charge is 0.480 e. The Morgan fingerprint density at radius 3 is 2.56 bits per heavy atom. The van der Waals surface area contributed by atoms with Gasteiger partial charge in [0.25, 0.3) is 0 Å². The number of hydrogen-bond donors (Lipinski definition) is 1.